The Bertz CT molecular complexity index is 591. The highest BCUT2D eigenvalue weighted by atomic mass is 16.6. The predicted molar refractivity (Wildman–Crippen MR) is 89.3 cm³/mol. The zero-order valence-electron chi connectivity index (χ0n) is 14.6. The van der Waals surface area contributed by atoms with Crippen LogP contribution in [0.2, 0.25) is 0 Å². The van der Waals surface area contributed by atoms with E-state index in [0.717, 1.165) is 16.7 Å². The largest absolute Gasteiger partial charge is 0.444 e. The molecular formula is C17H26N2O4. The molecule has 0 heterocycles. The number of hydrogen-bond acceptors (Lipinski definition) is 4. The third-order valence-corrected chi connectivity index (χ3v) is 3.24. The summed E-state index contributed by atoms with van der Waals surface area (Å²) in [5, 5.41) is 14.5. The molecule has 23 heavy (non-hydrogen) atoms. The Labute approximate surface area is 137 Å². The second-order valence-electron chi connectivity index (χ2n) is 6.61. The van der Waals surface area contributed by atoms with E-state index in [-0.39, 0.29) is 12.5 Å². The van der Waals surface area contributed by atoms with Crippen molar-refractivity contribution < 1.29 is 19.4 Å². The highest BCUT2D eigenvalue weighted by molar-refractivity contribution is 5.96. The Balaban J connectivity index is 2.72. The van der Waals surface area contributed by atoms with Gasteiger partial charge in [-0.05, 0) is 64.3 Å². The van der Waals surface area contributed by atoms with Gasteiger partial charge in [-0.3, -0.25) is 4.79 Å². The van der Waals surface area contributed by atoms with Gasteiger partial charge in [0.15, 0.2) is 0 Å². The lowest BCUT2D eigenvalue weighted by Gasteiger charge is -2.22. The van der Waals surface area contributed by atoms with Crippen molar-refractivity contribution in [3.63, 3.8) is 0 Å². The standard InChI is InChI=1S/C17H26N2O4/c1-10-8-14(11(2)7-13(10)9-20)19-15(21)12(3)18-16(22)23-17(4,5)6/h7-8,12,20H,9H2,1-6H3,(H,18,22)(H,19,21)/t12-/m0/s1. The van der Waals surface area contributed by atoms with Crippen molar-refractivity contribution in [2.75, 3.05) is 5.32 Å². The van der Waals surface area contributed by atoms with Crippen molar-refractivity contribution in [3.05, 3.63) is 28.8 Å². The normalized spacial score (nSPS) is 12.5. The molecule has 0 fully saturated rings. The SMILES string of the molecule is Cc1cc(NC(=O)[C@H](C)NC(=O)OC(C)(C)C)c(C)cc1CO. The number of carbonyl (C=O) groups is 2. The van der Waals surface area contributed by atoms with Crippen molar-refractivity contribution in [2.45, 2.75) is 59.8 Å². The fourth-order valence-electron chi connectivity index (χ4n) is 1.97. The number of aliphatic hydroxyl groups is 1. The molecular weight excluding hydrogens is 296 g/mol. The van der Waals surface area contributed by atoms with Gasteiger partial charge in [0, 0.05) is 5.69 Å². The van der Waals surface area contributed by atoms with E-state index in [1.165, 1.54) is 0 Å². The molecule has 1 rings (SSSR count). The van der Waals surface area contributed by atoms with Crippen LogP contribution in [0.5, 0.6) is 0 Å². The number of aryl methyl sites for hydroxylation is 2. The molecule has 1 aromatic rings. The zero-order chi connectivity index (χ0) is 17.8. The molecule has 6 heteroatoms. The maximum Gasteiger partial charge on any atom is 0.408 e. The Morgan fingerprint density at radius 3 is 2.35 bits per heavy atom. The lowest BCUT2D eigenvalue weighted by Crippen LogP contribution is -2.44. The summed E-state index contributed by atoms with van der Waals surface area (Å²) >= 11 is 0. The Hall–Kier alpha value is -2.08. The van der Waals surface area contributed by atoms with E-state index in [2.05, 4.69) is 10.6 Å². The van der Waals surface area contributed by atoms with Crippen LogP contribution in [0.25, 0.3) is 0 Å². The topological polar surface area (TPSA) is 87.7 Å². The third kappa shape index (κ3) is 5.90. The summed E-state index contributed by atoms with van der Waals surface area (Å²) in [5.74, 6) is -0.338. The van der Waals surface area contributed by atoms with Gasteiger partial charge >= 0.3 is 6.09 Å². The summed E-state index contributed by atoms with van der Waals surface area (Å²) in [6.07, 6.45) is -0.635. The first-order valence-corrected chi connectivity index (χ1v) is 7.55. The molecule has 0 saturated heterocycles. The van der Waals surface area contributed by atoms with Gasteiger partial charge in [-0.2, -0.15) is 0 Å². The van der Waals surface area contributed by atoms with Gasteiger partial charge < -0.3 is 20.5 Å². The molecule has 0 aliphatic rings. The van der Waals surface area contributed by atoms with Gasteiger partial charge in [-0.1, -0.05) is 6.07 Å². The van der Waals surface area contributed by atoms with Crippen LogP contribution in [0, 0.1) is 13.8 Å². The molecule has 0 saturated carbocycles. The fraction of sp³-hybridized carbons (Fsp3) is 0.529. The molecule has 1 atom stereocenters. The first-order valence-electron chi connectivity index (χ1n) is 7.55. The summed E-state index contributed by atoms with van der Waals surface area (Å²) in [5.41, 5.74) is 2.59. The summed E-state index contributed by atoms with van der Waals surface area (Å²) < 4.78 is 5.12. The van der Waals surface area contributed by atoms with Crippen molar-refractivity contribution in [1.82, 2.24) is 5.32 Å². The second kappa shape index (κ2) is 7.46. The zero-order valence-corrected chi connectivity index (χ0v) is 14.6. The van der Waals surface area contributed by atoms with Crippen molar-refractivity contribution >= 4 is 17.7 Å². The van der Waals surface area contributed by atoms with E-state index in [4.69, 9.17) is 4.74 Å². The first kappa shape index (κ1) is 19.0. The molecule has 0 aliphatic carbocycles. The van der Waals surface area contributed by atoms with Gasteiger partial charge in [0.25, 0.3) is 0 Å². The lowest BCUT2D eigenvalue weighted by atomic mass is 10.0. The van der Waals surface area contributed by atoms with Gasteiger partial charge in [0.1, 0.15) is 11.6 Å². The minimum atomic E-state index is -0.734. The minimum absolute atomic E-state index is 0.0441. The molecule has 1 aromatic carbocycles. The monoisotopic (exact) mass is 322 g/mol. The maximum absolute atomic E-state index is 12.2. The molecule has 0 unspecified atom stereocenters. The molecule has 3 N–H and O–H groups in total. The number of carbonyl (C=O) groups excluding carboxylic acids is 2. The molecule has 0 aromatic heterocycles. The molecule has 0 spiro atoms. The predicted octanol–water partition coefficient (Wildman–Crippen LogP) is 2.65. The van der Waals surface area contributed by atoms with E-state index in [1.807, 2.05) is 19.9 Å². The number of benzene rings is 1. The molecule has 2 amide bonds. The number of aliphatic hydroxyl groups excluding tert-OH is 1. The maximum atomic E-state index is 12.2. The van der Waals surface area contributed by atoms with Gasteiger partial charge in [0.2, 0.25) is 5.91 Å². The molecule has 128 valence electrons. The average molecular weight is 322 g/mol. The number of amides is 2. The van der Waals surface area contributed by atoms with Crippen LogP contribution in [-0.2, 0) is 16.1 Å². The minimum Gasteiger partial charge on any atom is -0.444 e. The number of nitrogens with one attached hydrogen (secondary N) is 2. The summed E-state index contributed by atoms with van der Waals surface area (Å²) in [6, 6.07) is 2.90. The van der Waals surface area contributed by atoms with E-state index >= 15 is 0 Å². The van der Waals surface area contributed by atoms with Crippen LogP contribution < -0.4 is 10.6 Å². The van der Waals surface area contributed by atoms with Crippen molar-refractivity contribution in [2.24, 2.45) is 0 Å². The molecule has 0 bridgehead atoms. The summed E-state index contributed by atoms with van der Waals surface area (Å²) in [7, 11) is 0. The van der Waals surface area contributed by atoms with Gasteiger partial charge in [-0.25, -0.2) is 4.79 Å². The Kier molecular flexibility index (Phi) is 6.15. The van der Waals surface area contributed by atoms with Gasteiger partial charge in [0.05, 0.1) is 6.61 Å². The molecule has 0 radical (unpaired) electrons. The first-order chi connectivity index (χ1) is 10.5. The number of rotatable bonds is 4. The van der Waals surface area contributed by atoms with E-state index < -0.39 is 17.7 Å². The fourth-order valence-corrected chi connectivity index (χ4v) is 1.97. The molecule has 0 aliphatic heterocycles. The summed E-state index contributed by atoms with van der Waals surface area (Å²) in [6.45, 7) is 10.5. The number of alkyl carbamates (subject to hydrolysis) is 1. The van der Waals surface area contributed by atoms with Crippen LogP contribution in [0.1, 0.15) is 44.4 Å². The number of hydrogen-bond donors (Lipinski definition) is 3. The average Bonchev–Trinajstić information content (AvgIpc) is 2.39. The third-order valence-electron chi connectivity index (χ3n) is 3.24. The highest BCUT2D eigenvalue weighted by Gasteiger charge is 2.21. The van der Waals surface area contributed by atoms with Crippen LogP contribution in [-0.4, -0.2) is 28.7 Å². The van der Waals surface area contributed by atoms with Crippen molar-refractivity contribution in [3.8, 4) is 0 Å². The van der Waals surface area contributed by atoms with Crippen LogP contribution >= 0.6 is 0 Å². The van der Waals surface area contributed by atoms with E-state index in [1.54, 1.807) is 33.8 Å². The van der Waals surface area contributed by atoms with Gasteiger partial charge in [-0.15, -0.1) is 0 Å². The number of ether oxygens (including phenoxy) is 1. The Morgan fingerprint density at radius 1 is 1.22 bits per heavy atom. The number of anilines is 1. The Morgan fingerprint density at radius 2 is 1.83 bits per heavy atom. The van der Waals surface area contributed by atoms with Crippen molar-refractivity contribution in [1.29, 1.82) is 0 Å². The highest BCUT2D eigenvalue weighted by Crippen LogP contribution is 2.21. The van der Waals surface area contributed by atoms with Crippen LogP contribution in [0.15, 0.2) is 12.1 Å². The van der Waals surface area contributed by atoms with E-state index in [0.29, 0.717) is 5.69 Å². The smallest absolute Gasteiger partial charge is 0.408 e. The molecule has 6 nitrogen and oxygen atoms in total. The quantitative estimate of drug-likeness (QED) is 0.795. The van der Waals surface area contributed by atoms with E-state index in [9.17, 15) is 14.7 Å². The van der Waals surface area contributed by atoms with Crippen LogP contribution in [0.3, 0.4) is 0 Å². The van der Waals surface area contributed by atoms with Crippen LogP contribution in [0.4, 0.5) is 10.5 Å². The lowest BCUT2D eigenvalue weighted by molar-refractivity contribution is -0.117. The second-order valence-corrected chi connectivity index (χ2v) is 6.61. The summed E-state index contributed by atoms with van der Waals surface area (Å²) in [4.78, 5) is 23.9.